The predicted molar refractivity (Wildman–Crippen MR) is 132 cm³/mol. The Bertz CT molecular complexity index is 1270. The van der Waals surface area contributed by atoms with Crippen LogP contribution in [-0.2, 0) is 9.59 Å². The molecule has 0 spiro atoms. The van der Waals surface area contributed by atoms with Gasteiger partial charge in [-0.05, 0) is 31.5 Å². The molecule has 1 aromatic heterocycles. The van der Waals surface area contributed by atoms with Gasteiger partial charge in [0.15, 0.2) is 16.6 Å². The second kappa shape index (κ2) is 11.4. The Hall–Kier alpha value is -3.79. The summed E-state index contributed by atoms with van der Waals surface area (Å²) in [6.07, 6.45) is 0.770. The summed E-state index contributed by atoms with van der Waals surface area (Å²) in [4.78, 5) is 51.6. The summed E-state index contributed by atoms with van der Waals surface area (Å²) in [5, 5.41) is 13.4. The minimum Gasteiger partial charge on any atom is -0.325 e. The summed E-state index contributed by atoms with van der Waals surface area (Å²) in [5.41, 5.74) is 1.50. The minimum absolute atomic E-state index is 0.0647. The smallest absolute Gasteiger partial charge is 0.278 e. The van der Waals surface area contributed by atoms with E-state index in [4.69, 9.17) is 0 Å². The zero-order chi connectivity index (χ0) is 24.7. The third kappa shape index (κ3) is 6.16. The van der Waals surface area contributed by atoms with Crippen LogP contribution in [-0.4, -0.2) is 38.0 Å². The van der Waals surface area contributed by atoms with Crippen LogP contribution in [0.3, 0.4) is 0 Å². The van der Waals surface area contributed by atoms with Crippen LogP contribution >= 0.6 is 11.8 Å². The van der Waals surface area contributed by atoms with E-state index in [0.717, 1.165) is 11.8 Å². The quantitative estimate of drug-likeness (QED) is 0.313. The molecule has 2 aromatic carbocycles. The number of anilines is 2. The van der Waals surface area contributed by atoms with Gasteiger partial charge < -0.3 is 10.6 Å². The fourth-order valence-electron chi connectivity index (χ4n) is 3.08. The molecule has 0 saturated carbocycles. The molecule has 0 saturated heterocycles. The van der Waals surface area contributed by atoms with Gasteiger partial charge in [0.2, 0.25) is 11.8 Å². The molecule has 0 fully saturated rings. The normalized spacial score (nSPS) is 11.5. The van der Waals surface area contributed by atoms with Gasteiger partial charge >= 0.3 is 0 Å². The van der Waals surface area contributed by atoms with Crippen LogP contribution in [0.15, 0.2) is 58.5 Å². The third-order valence-corrected chi connectivity index (χ3v) is 6.15. The summed E-state index contributed by atoms with van der Waals surface area (Å²) in [7, 11) is 0. The van der Waals surface area contributed by atoms with Crippen LogP contribution in [0.1, 0.15) is 44.0 Å². The molecule has 10 heteroatoms. The van der Waals surface area contributed by atoms with Crippen molar-refractivity contribution in [2.24, 2.45) is 0 Å². The first kappa shape index (κ1) is 24.8. The molecule has 3 rings (SSSR count). The largest absolute Gasteiger partial charge is 0.325 e. The number of nitrogens with zero attached hydrogens (tertiary/aromatic N) is 2. The highest BCUT2D eigenvalue weighted by Gasteiger charge is 2.21. The summed E-state index contributed by atoms with van der Waals surface area (Å²) in [5.74, 6) is -0.566. The monoisotopic (exact) mass is 479 g/mol. The molecule has 1 atom stereocenters. The number of rotatable bonds is 9. The van der Waals surface area contributed by atoms with Crippen LogP contribution in [0.5, 0.6) is 0 Å². The van der Waals surface area contributed by atoms with Gasteiger partial charge in [0.25, 0.3) is 5.56 Å². The molecule has 0 radical (unpaired) electrons. The molecule has 34 heavy (non-hydrogen) atoms. The van der Waals surface area contributed by atoms with Crippen molar-refractivity contribution >= 4 is 40.7 Å². The van der Waals surface area contributed by atoms with Gasteiger partial charge in [-0.1, -0.05) is 55.9 Å². The van der Waals surface area contributed by atoms with E-state index in [1.807, 2.05) is 6.92 Å². The van der Waals surface area contributed by atoms with E-state index in [2.05, 4.69) is 25.8 Å². The van der Waals surface area contributed by atoms with E-state index in [1.54, 1.807) is 55.5 Å². The van der Waals surface area contributed by atoms with E-state index in [-0.39, 0.29) is 28.4 Å². The fourth-order valence-corrected chi connectivity index (χ4v) is 3.93. The maximum absolute atomic E-state index is 12.8. The SMILES string of the molecule is CCC(=O)Nc1ccccc1-c1nnc(S[C@@H](CC)C(=O)Nc2cccc(C(C)=O)c2)[nH]c1=O. The van der Waals surface area contributed by atoms with Gasteiger partial charge in [-0.2, -0.15) is 0 Å². The lowest BCUT2D eigenvalue weighted by atomic mass is 10.1. The number of thioether (sulfide) groups is 1. The number of nitrogens with one attached hydrogen (secondary N) is 3. The topological polar surface area (TPSA) is 134 Å². The Labute approximate surface area is 200 Å². The minimum atomic E-state index is -0.548. The van der Waals surface area contributed by atoms with Gasteiger partial charge in [-0.25, -0.2) is 0 Å². The highest BCUT2D eigenvalue weighted by atomic mass is 32.2. The molecule has 3 aromatic rings. The summed E-state index contributed by atoms with van der Waals surface area (Å²) in [6, 6.07) is 13.5. The number of hydrogen-bond donors (Lipinski definition) is 3. The molecule has 0 aliphatic heterocycles. The fraction of sp³-hybridized carbons (Fsp3) is 0.250. The molecule has 0 aliphatic rings. The van der Waals surface area contributed by atoms with Gasteiger partial charge in [0, 0.05) is 23.2 Å². The van der Waals surface area contributed by atoms with Crippen LogP contribution in [0.2, 0.25) is 0 Å². The van der Waals surface area contributed by atoms with Gasteiger partial charge in [0.05, 0.1) is 10.9 Å². The Balaban J connectivity index is 1.78. The van der Waals surface area contributed by atoms with Crippen molar-refractivity contribution in [2.45, 2.75) is 44.0 Å². The first-order chi connectivity index (χ1) is 16.3. The van der Waals surface area contributed by atoms with Crippen molar-refractivity contribution in [2.75, 3.05) is 10.6 Å². The molecule has 1 heterocycles. The van der Waals surface area contributed by atoms with E-state index in [9.17, 15) is 19.2 Å². The maximum atomic E-state index is 12.8. The average Bonchev–Trinajstić information content (AvgIpc) is 2.83. The highest BCUT2D eigenvalue weighted by Crippen LogP contribution is 2.26. The van der Waals surface area contributed by atoms with E-state index in [0.29, 0.717) is 35.3 Å². The number of aromatic nitrogens is 3. The molecule has 0 bridgehead atoms. The van der Waals surface area contributed by atoms with Crippen LogP contribution in [0.4, 0.5) is 11.4 Å². The zero-order valence-corrected chi connectivity index (χ0v) is 19.9. The number of H-pyrrole nitrogens is 1. The van der Waals surface area contributed by atoms with Gasteiger partial charge in [-0.15, -0.1) is 10.2 Å². The van der Waals surface area contributed by atoms with Crippen molar-refractivity contribution in [1.82, 2.24) is 15.2 Å². The van der Waals surface area contributed by atoms with Crippen molar-refractivity contribution in [3.05, 3.63) is 64.4 Å². The highest BCUT2D eigenvalue weighted by molar-refractivity contribution is 8.00. The Morgan fingerprint density at radius 2 is 1.79 bits per heavy atom. The number of benzene rings is 2. The standard InChI is InChI=1S/C24H25N5O4S/c1-4-19(22(32)25-16-10-8-9-15(13-16)14(3)30)34-24-27-23(33)21(28-29-24)17-11-6-7-12-18(17)26-20(31)5-2/h6-13,19H,4-5H2,1-3H3,(H,25,32)(H,26,31)(H,27,29,33)/t19-/m0/s1. The second-order valence-corrected chi connectivity index (χ2v) is 8.59. The van der Waals surface area contributed by atoms with E-state index < -0.39 is 10.8 Å². The van der Waals surface area contributed by atoms with Crippen LogP contribution < -0.4 is 16.2 Å². The second-order valence-electron chi connectivity index (χ2n) is 7.40. The molecular weight excluding hydrogens is 454 g/mol. The van der Waals surface area contributed by atoms with Crippen molar-refractivity contribution < 1.29 is 14.4 Å². The number of carbonyl (C=O) groups excluding carboxylic acids is 3. The molecular formula is C24H25N5O4S. The molecule has 0 aliphatic carbocycles. The lowest BCUT2D eigenvalue weighted by Crippen LogP contribution is -2.25. The number of para-hydroxylation sites is 1. The van der Waals surface area contributed by atoms with Crippen LogP contribution in [0.25, 0.3) is 11.3 Å². The lowest BCUT2D eigenvalue weighted by molar-refractivity contribution is -0.116. The Morgan fingerprint density at radius 3 is 2.47 bits per heavy atom. The molecule has 9 nitrogen and oxygen atoms in total. The maximum Gasteiger partial charge on any atom is 0.278 e. The van der Waals surface area contributed by atoms with E-state index in [1.165, 1.54) is 6.92 Å². The number of aromatic amines is 1. The van der Waals surface area contributed by atoms with Crippen molar-refractivity contribution in [3.63, 3.8) is 0 Å². The van der Waals surface area contributed by atoms with Crippen LogP contribution in [0, 0.1) is 0 Å². The number of ketones is 1. The number of amides is 2. The average molecular weight is 480 g/mol. The van der Waals surface area contributed by atoms with Gasteiger partial charge in [-0.3, -0.25) is 24.2 Å². The van der Waals surface area contributed by atoms with Gasteiger partial charge in [0.1, 0.15) is 0 Å². The summed E-state index contributed by atoms with van der Waals surface area (Å²) < 4.78 is 0. The Kier molecular flexibility index (Phi) is 8.31. The lowest BCUT2D eigenvalue weighted by Gasteiger charge is -2.14. The summed E-state index contributed by atoms with van der Waals surface area (Å²) >= 11 is 1.09. The molecule has 0 unspecified atom stereocenters. The Morgan fingerprint density at radius 1 is 1.03 bits per heavy atom. The first-order valence-corrected chi connectivity index (χ1v) is 11.6. The number of hydrogen-bond acceptors (Lipinski definition) is 7. The van der Waals surface area contributed by atoms with Crippen molar-refractivity contribution in [3.8, 4) is 11.3 Å². The molecule has 2 amide bonds. The molecule has 176 valence electrons. The summed E-state index contributed by atoms with van der Waals surface area (Å²) in [6.45, 7) is 5.03. The predicted octanol–water partition coefficient (Wildman–Crippen LogP) is 3.89. The molecule has 3 N–H and O–H groups in total. The number of carbonyl (C=O) groups is 3. The first-order valence-electron chi connectivity index (χ1n) is 10.8. The van der Waals surface area contributed by atoms with Crippen molar-refractivity contribution in [1.29, 1.82) is 0 Å². The third-order valence-electron chi connectivity index (χ3n) is 4.91. The number of Topliss-reactive ketones (excluding diaryl/α,β-unsaturated/α-hetero) is 1. The van der Waals surface area contributed by atoms with E-state index >= 15 is 0 Å². The zero-order valence-electron chi connectivity index (χ0n) is 19.0.